The number of methoxy groups -OCH3 is 1. The molecule has 3 aliphatic rings. The van der Waals surface area contributed by atoms with Crippen LogP contribution in [0.5, 0.6) is 11.5 Å². The van der Waals surface area contributed by atoms with Gasteiger partial charge in [-0.15, -0.1) is 0 Å². The first-order chi connectivity index (χ1) is 15.8. The Kier molecular flexibility index (Phi) is 5.66. The molecule has 1 aromatic carbocycles. The van der Waals surface area contributed by atoms with E-state index < -0.39 is 23.3 Å². The second-order valence-corrected chi connectivity index (χ2v) is 9.64. The molecule has 0 aliphatic carbocycles. The number of fused-ring (bicyclic) bond motifs is 2. The predicted octanol–water partition coefficient (Wildman–Crippen LogP) is 2.55. The summed E-state index contributed by atoms with van der Waals surface area (Å²) in [6, 6.07) is 4.46. The highest BCUT2D eigenvalue weighted by Crippen LogP contribution is 2.45. The number of rotatable bonds is 3. The molecule has 0 amide bonds. The standard InChI is InChI=1S/C24H30F2N4O3/c1-24(2)9-15(31)11-30(24)23-16-12-29-8-7-27-10-14(29)13-33-22(16)20(26)21(28-23)19-17(25)5-4-6-18(19)32-3/h4-6,14-15,27,31H,7-13H2,1-3H3/t14-,15+/m1/s1. The number of aromatic nitrogens is 1. The van der Waals surface area contributed by atoms with E-state index >= 15 is 4.39 Å². The van der Waals surface area contributed by atoms with E-state index in [9.17, 15) is 9.50 Å². The summed E-state index contributed by atoms with van der Waals surface area (Å²) in [5, 5.41) is 13.8. The molecule has 0 saturated carbocycles. The molecule has 5 rings (SSSR count). The summed E-state index contributed by atoms with van der Waals surface area (Å²) in [4.78, 5) is 8.99. The number of aliphatic hydroxyl groups excluding tert-OH is 1. The Labute approximate surface area is 192 Å². The highest BCUT2D eigenvalue weighted by Gasteiger charge is 2.42. The first kappa shape index (κ1) is 22.3. The van der Waals surface area contributed by atoms with Gasteiger partial charge in [0.25, 0.3) is 0 Å². The lowest BCUT2D eigenvalue weighted by atomic mass is 10.00. The lowest BCUT2D eigenvalue weighted by Gasteiger charge is -2.36. The number of halogens is 2. The Morgan fingerprint density at radius 2 is 2.12 bits per heavy atom. The molecule has 1 aromatic heterocycles. The van der Waals surface area contributed by atoms with Crippen LogP contribution in [0.1, 0.15) is 25.8 Å². The number of ether oxygens (including phenoxy) is 2. The summed E-state index contributed by atoms with van der Waals surface area (Å²) in [5.74, 6) is -0.493. The summed E-state index contributed by atoms with van der Waals surface area (Å²) in [5.41, 5.74) is 0.0439. The van der Waals surface area contributed by atoms with Crippen LogP contribution in [0.2, 0.25) is 0 Å². The Morgan fingerprint density at radius 1 is 1.30 bits per heavy atom. The van der Waals surface area contributed by atoms with Gasteiger partial charge in [0.05, 0.1) is 30.4 Å². The van der Waals surface area contributed by atoms with Crippen LogP contribution in [0.15, 0.2) is 18.2 Å². The number of pyridine rings is 1. The molecule has 2 saturated heterocycles. The third-order valence-corrected chi connectivity index (χ3v) is 6.97. The highest BCUT2D eigenvalue weighted by molar-refractivity contribution is 5.74. The molecule has 3 aliphatic heterocycles. The number of piperazine rings is 1. The Bertz CT molecular complexity index is 1060. The van der Waals surface area contributed by atoms with Crippen molar-refractivity contribution in [3.8, 4) is 22.8 Å². The quantitative estimate of drug-likeness (QED) is 0.730. The second-order valence-electron chi connectivity index (χ2n) is 9.64. The largest absolute Gasteiger partial charge is 0.496 e. The van der Waals surface area contributed by atoms with Crippen molar-refractivity contribution in [3.63, 3.8) is 0 Å². The number of aliphatic hydroxyl groups is 1. The van der Waals surface area contributed by atoms with Gasteiger partial charge in [0.2, 0.25) is 0 Å². The second kappa shape index (κ2) is 8.38. The minimum Gasteiger partial charge on any atom is -0.496 e. The van der Waals surface area contributed by atoms with E-state index in [0.717, 1.165) is 19.6 Å². The predicted molar refractivity (Wildman–Crippen MR) is 121 cm³/mol. The monoisotopic (exact) mass is 460 g/mol. The fraction of sp³-hybridized carbons (Fsp3) is 0.542. The molecule has 178 valence electrons. The average Bonchev–Trinajstić information content (AvgIpc) is 2.94. The number of hydrogen-bond donors (Lipinski definition) is 2. The van der Waals surface area contributed by atoms with Gasteiger partial charge in [-0.3, -0.25) is 4.90 Å². The molecular formula is C24H30F2N4O3. The van der Waals surface area contributed by atoms with Gasteiger partial charge in [0.15, 0.2) is 11.6 Å². The minimum absolute atomic E-state index is 0.0358. The lowest BCUT2D eigenvalue weighted by Crippen LogP contribution is -2.52. The fourth-order valence-electron chi connectivity index (χ4n) is 5.29. The van der Waals surface area contributed by atoms with Crippen LogP contribution in [-0.2, 0) is 6.54 Å². The molecule has 2 N–H and O–H groups in total. The van der Waals surface area contributed by atoms with Crippen LogP contribution < -0.4 is 19.7 Å². The van der Waals surface area contributed by atoms with Gasteiger partial charge in [-0.05, 0) is 32.4 Å². The van der Waals surface area contributed by atoms with Crippen LogP contribution in [0.25, 0.3) is 11.3 Å². The van der Waals surface area contributed by atoms with Gasteiger partial charge < -0.3 is 24.8 Å². The number of nitrogens with one attached hydrogen (secondary N) is 1. The summed E-state index contributed by atoms with van der Waals surface area (Å²) in [6.07, 6.45) is 0.0172. The first-order valence-corrected chi connectivity index (χ1v) is 11.4. The van der Waals surface area contributed by atoms with Crippen LogP contribution in [0.4, 0.5) is 14.6 Å². The van der Waals surface area contributed by atoms with Crippen molar-refractivity contribution in [2.75, 3.05) is 44.8 Å². The maximum Gasteiger partial charge on any atom is 0.192 e. The maximum absolute atomic E-state index is 16.0. The van der Waals surface area contributed by atoms with E-state index in [1.54, 1.807) is 6.07 Å². The van der Waals surface area contributed by atoms with Gasteiger partial charge in [0.1, 0.15) is 29.7 Å². The maximum atomic E-state index is 16.0. The zero-order chi connectivity index (χ0) is 23.3. The molecule has 0 bridgehead atoms. The van der Waals surface area contributed by atoms with Crippen molar-refractivity contribution < 1.29 is 23.4 Å². The SMILES string of the molecule is COc1cccc(F)c1-c1nc(N2C[C@@H](O)CC2(C)C)c2c(c1F)OC[C@H]1CNCCN1C2. The van der Waals surface area contributed by atoms with E-state index in [1.165, 1.54) is 19.2 Å². The van der Waals surface area contributed by atoms with Crippen molar-refractivity contribution in [1.29, 1.82) is 0 Å². The fourth-order valence-corrected chi connectivity index (χ4v) is 5.29. The van der Waals surface area contributed by atoms with E-state index in [1.807, 2.05) is 18.7 Å². The number of β-amino-alcohol motifs (C(OH)–C–C–N with tert-alkyl or cyclic N) is 1. The number of nitrogens with zero attached hydrogens (tertiary/aromatic N) is 3. The molecule has 7 nitrogen and oxygen atoms in total. The van der Waals surface area contributed by atoms with Crippen molar-refractivity contribution in [3.05, 3.63) is 35.4 Å². The molecule has 2 fully saturated rings. The van der Waals surface area contributed by atoms with Gasteiger partial charge in [0, 0.05) is 38.3 Å². The molecule has 0 spiro atoms. The summed E-state index contributed by atoms with van der Waals surface area (Å²) >= 11 is 0. The molecule has 9 heteroatoms. The molecule has 4 heterocycles. The van der Waals surface area contributed by atoms with Crippen molar-refractivity contribution in [1.82, 2.24) is 15.2 Å². The van der Waals surface area contributed by atoms with E-state index in [0.29, 0.717) is 37.5 Å². The highest BCUT2D eigenvalue weighted by atomic mass is 19.1. The third kappa shape index (κ3) is 3.82. The van der Waals surface area contributed by atoms with Crippen LogP contribution in [-0.4, -0.2) is 72.6 Å². The summed E-state index contributed by atoms with van der Waals surface area (Å²) < 4.78 is 42.4. The van der Waals surface area contributed by atoms with Crippen molar-refractivity contribution >= 4 is 5.82 Å². The number of anilines is 1. The van der Waals surface area contributed by atoms with E-state index in [2.05, 4.69) is 10.2 Å². The topological polar surface area (TPSA) is 70.1 Å². The average molecular weight is 461 g/mol. The molecule has 33 heavy (non-hydrogen) atoms. The Balaban J connectivity index is 1.74. The van der Waals surface area contributed by atoms with Crippen molar-refractivity contribution in [2.45, 2.75) is 44.5 Å². The molecule has 0 radical (unpaired) electrons. The van der Waals surface area contributed by atoms with Gasteiger partial charge >= 0.3 is 0 Å². The minimum atomic E-state index is -0.692. The Morgan fingerprint density at radius 3 is 2.85 bits per heavy atom. The van der Waals surface area contributed by atoms with E-state index in [-0.39, 0.29) is 28.8 Å². The van der Waals surface area contributed by atoms with Gasteiger partial charge in [-0.2, -0.15) is 0 Å². The van der Waals surface area contributed by atoms with Crippen molar-refractivity contribution in [2.24, 2.45) is 0 Å². The zero-order valence-electron chi connectivity index (χ0n) is 19.2. The third-order valence-electron chi connectivity index (χ3n) is 6.97. The van der Waals surface area contributed by atoms with Crippen LogP contribution in [0, 0.1) is 11.6 Å². The first-order valence-electron chi connectivity index (χ1n) is 11.4. The molecule has 2 atom stereocenters. The number of benzene rings is 1. The lowest BCUT2D eigenvalue weighted by molar-refractivity contribution is 0.119. The Hall–Kier alpha value is -2.49. The van der Waals surface area contributed by atoms with E-state index in [4.69, 9.17) is 14.5 Å². The summed E-state index contributed by atoms with van der Waals surface area (Å²) in [6.45, 7) is 7.60. The smallest absolute Gasteiger partial charge is 0.192 e. The molecular weight excluding hydrogens is 430 g/mol. The normalized spacial score (nSPS) is 24.6. The molecule has 2 aromatic rings. The van der Waals surface area contributed by atoms with Gasteiger partial charge in [-0.1, -0.05) is 6.07 Å². The summed E-state index contributed by atoms with van der Waals surface area (Å²) in [7, 11) is 1.42. The number of hydrogen-bond acceptors (Lipinski definition) is 7. The van der Waals surface area contributed by atoms with Gasteiger partial charge in [-0.25, -0.2) is 13.8 Å². The van der Waals surface area contributed by atoms with Crippen LogP contribution in [0.3, 0.4) is 0 Å². The van der Waals surface area contributed by atoms with Crippen LogP contribution >= 0.6 is 0 Å². The molecule has 0 unspecified atom stereocenters. The zero-order valence-corrected chi connectivity index (χ0v) is 19.2.